The minimum absolute atomic E-state index is 0.152. The molecule has 1 aliphatic rings. The van der Waals surface area contributed by atoms with Gasteiger partial charge in [-0.3, -0.25) is 4.79 Å². The Morgan fingerprint density at radius 1 is 1.24 bits per heavy atom. The summed E-state index contributed by atoms with van der Waals surface area (Å²) in [5.74, 6) is -1.54. The van der Waals surface area contributed by atoms with Crippen LogP contribution in [0.25, 0.3) is 6.08 Å². The smallest absolute Gasteiger partial charge is 0.460 e. The largest absolute Gasteiger partial charge is 0.492 e. The number of hydrogen-bond donors (Lipinski definition) is 1. The van der Waals surface area contributed by atoms with Crippen LogP contribution in [0.5, 0.6) is 0 Å². The molecule has 0 bridgehead atoms. The van der Waals surface area contributed by atoms with Crippen molar-refractivity contribution in [1.82, 2.24) is 0 Å². The number of ether oxygens (including phenoxy) is 1. The van der Waals surface area contributed by atoms with Crippen LogP contribution in [0.1, 0.15) is 49.2 Å². The second-order valence-electron chi connectivity index (χ2n) is 6.72. The molecule has 0 unspecified atom stereocenters. The molecule has 8 heteroatoms. The highest BCUT2D eigenvalue weighted by Crippen LogP contribution is 2.39. The van der Waals surface area contributed by atoms with Crippen molar-refractivity contribution in [3.05, 3.63) is 27.4 Å². The molecular formula is C17H23BO6S. The van der Waals surface area contributed by atoms with Crippen LogP contribution in [0, 0.1) is 0 Å². The zero-order valence-corrected chi connectivity index (χ0v) is 15.9. The van der Waals surface area contributed by atoms with E-state index < -0.39 is 30.1 Å². The Morgan fingerprint density at radius 2 is 1.84 bits per heavy atom. The van der Waals surface area contributed by atoms with Gasteiger partial charge in [0.1, 0.15) is 0 Å². The van der Waals surface area contributed by atoms with Gasteiger partial charge in [-0.2, -0.15) is 0 Å². The minimum atomic E-state index is -0.867. The van der Waals surface area contributed by atoms with Gasteiger partial charge in [0.2, 0.25) is 0 Å². The van der Waals surface area contributed by atoms with Crippen LogP contribution in [-0.4, -0.2) is 48.4 Å². The van der Waals surface area contributed by atoms with E-state index in [1.54, 1.807) is 25.1 Å². The van der Waals surface area contributed by atoms with E-state index in [4.69, 9.17) is 14.0 Å². The van der Waals surface area contributed by atoms with Crippen molar-refractivity contribution in [2.24, 2.45) is 0 Å². The van der Waals surface area contributed by atoms with Crippen LogP contribution >= 0.6 is 11.3 Å². The highest BCUT2D eigenvalue weighted by molar-refractivity contribution is 7.15. The van der Waals surface area contributed by atoms with Crippen LogP contribution in [-0.2, 0) is 18.8 Å². The summed E-state index contributed by atoms with van der Waals surface area (Å²) in [6.45, 7) is 9.29. The normalized spacial score (nSPS) is 19.1. The molecule has 0 atom stereocenters. The van der Waals surface area contributed by atoms with Gasteiger partial charge in [0.15, 0.2) is 0 Å². The van der Waals surface area contributed by atoms with Gasteiger partial charge < -0.3 is 19.2 Å². The molecule has 1 N–H and O–H groups in total. The average molecular weight is 366 g/mol. The maximum Gasteiger partial charge on any atom is 0.492 e. The molecule has 25 heavy (non-hydrogen) atoms. The molecule has 0 aliphatic carbocycles. The first-order chi connectivity index (χ1) is 11.6. The predicted molar refractivity (Wildman–Crippen MR) is 96.4 cm³/mol. The topological polar surface area (TPSA) is 82.1 Å². The zero-order valence-electron chi connectivity index (χ0n) is 15.1. The summed E-state index contributed by atoms with van der Waals surface area (Å²) in [7, 11) is -0.665. The van der Waals surface area contributed by atoms with E-state index in [0.29, 0.717) is 10.3 Å². The predicted octanol–water partition coefficient (Wildman–Crippen LogP) is 2.50. The molecule has 1 fully saturated rings. The van der Waals surface area contributed by atoms with E-state index in [0.717, 1.165) is 11.3 Å². The molecule has 1 aromatic rings. The third kappa shape index (κ3) is 4.20. The van der Waals surface area contributed by atoms with Crippen molar-refractivity contribution in [2.75, 3.05) is 13.2 Å². The summed E-state index contributed by atoms with van der Waals surface area (Å²) in [4.78, 5) is 24.5. The molecule has 0 amide bonds. The van der Waals surface area contributed by atoms with Crippen LogP contribution in [0.4, 0.5) is 0 Å². The van der Waals surface area contributed by atoms with Crippen molar-refractivity contribution in [3.8, 4) is 0 Å². The standard InChI is InChI=1S/C17H23BO6S/c1-6-22-15(21)14(20)13-8-7-12(25-13)9-11(10-19)18-23-16(2,3)17(4,5)24-18/h7-9,19H,6,10H2,1-5H3. The third-order valence-electron chi connectivity index (χ3n) is 4.38. The van der Waals surface area contributed by atoms with Gasteiger partial charge in [0.05, 0.1) is 29.3 Å². The van der Waals surface area contributed by atoms with Gasteiger partial charge in [0, 0.05) is 4.88 Å². The van der Waals surface area contributed by atoms with Crippen molar-refractivity contribution < 1.29 is 28.7 Å². The molecule has 6 nitrogen and oxygen atoms in total. The second kappa shape index (κ2) is 7.41. The van der Waals surface area contributed by atoms with E-state index in [2.05, 4.69) is 0 Å². The summed E-state index contributed by atoms with van der Waals surface area (Å²) in [5, 5.41) is 9.70. The number of aliphatic hydroxyl groups is 1. The van der Waals surface area contributed by atoms with Gasteiger partial charge in [-0.05, 0) is 58.3 Å². The lowest BCUT2D eigenvalue weighted by molar-refractivity contribution is -0.137. The van der Waals surface area contributed by atoms with Crippen LogP contribution < -0.4 is 0 Å². The molecule has 1 aliphatic heterocycles. The Bertz CT molecular complexity index is 675. The molecule has 136 valence electrons. The van der Waals surface area contributed by atoms with Gasteiger partial charge in [-0.25, -0.2) is 4.79 Å². The molecule has 0 radical (unpaired) electrons. The summed E-state index contributed by atoms with van der Waals surface area (Å²) < 4.78 is 16.6. The van der Waals surface area contributed by atoms with Crippen molar-refractivity contribution in [3.63, 3.8) is 0 Å². The summed E-state index contributed by atoms with van der Waals surface area (Å²) in [6, 6.07) is 3.27. The van der Waals surface area contributed by atoms with E-state index in [1.165, 1.54) is 0 Å². The SMILES string of the molecule is CCOC(=O)C(=O)c1ccc(C=C(CO)B2OC(C)(C)C(C)(C)O2)s1. The fraction of sp³-hybridized carbons (Fsp3) is 0.529. The summed E-state index contributed by atoms with van der Waals surface area (Å²) in [6.07, 6.45) is 1.72. The van der Waals surface area contributed by atoms with Crippen LogP contribution in [0.15, 0.2) is 17.6 Å². The van der Waals surface area contributed by atoms with E-state index in [1.807, 2.05) is 27.7 Å². The fourth-order valence-corrected chi connectivity index (χ4v) is 3.13. The monoisotopic (exact) mass is 366 g/mol. The Kier molecular flexibility index (Phi) is 5.88. The summed E-state index contributed by atoms with van der Waals surface area (Å²) in [5.41, 5.74) is -0.464. The number of carbonyl (C=O) groups is 2. The second-order valence-corrected chi connectivity index (χ2v) is 7.83. The summed E-state index contributed by atoms with van der Waals surface area (Å²) >= 11 is 1.15. The van der Waals surface area contributed by atoms with Gasteiger partial charge in [0.25, 0.3) is 5.78 Å². The number of thiophene rings is 1. The average Bonchev–Trinajstić information content (AvgIpc) is 3.06. The number of ketones is 1. The van der Waals surface area contributed by atoms with E-state index >= 15 is 0 Å². The van der Waals surface area contributed by atoms with Gasteiger partial charge in [-0.1, -0.05) is 0 Å². The quantitative estimate of drug-likeness (QED) is 0.361. The van der Waals surface area contributed by atoms with Crippen LogP contribution in [0.2, 0.25) is 0 Å². The Balaban J connectivity index is 2.19. The zero-order chi connectivity index (χ0) is 18.8. The molecule has 1 aromatic heterocycles. The van der Waals surface area contributed by atoms with E-state index in [9.17, 15) is 14.7 Å². The van der Waals surface area contributed by atoms with Gasteiger partial charge in [-0.15, -0.1) is 11.3 Å². The maximum absolute atomic E-state index is 11.9. The lowest BCUT2D eigenvalue weighted by Crippen LogP contribution is -2.41. The first kappa shape index (κ1) is 19.8. The molecular weight excluding hydrogens is 343 g/mol. The molecule has 1 saturated heterocycles. The highest BCUT2D eigenvalue weighted by Gasteiger charge is 2.52. The minimum Gasteiger partial charge on any atom is -0.460 e. The third-order valence-corrected chi connectivity index (χ3v) is 5.41. The molecule has 0 aromatic carbocycles. The lowest BCUT2D eigenvalue weighted by Gasteiger charge is -2.32. The fourth-order valence-electron chi connectivity index (χ4n) is 2.22. The number of carbonyl (C=O) groups excluding carboxylic acids is 2. The Hall–Kier alpha value is -1.48. The number of Topliss-reactive ketones (excluding diaryl/α,β-unsaturated/α-hetero) is 1. The van der Waals surface area contributed by atoms with E-state index in [-0.39, 0.29) is 18.1 Å². The van der Waals surface area contributed by atoms with Crippen molar-refractivity contribution >= 4 is 36.3 Å². The van der Waals surface area contributed by atoms with Crippen LogP contribution in [0.3, 0.4) is 0 Å². The first-order valence-electron chi connectivity index (χ1n) is 8.09. The maximum atomic E-state index is 11.9. The molecule has 2 rings (SSSR count). The molecule has 0 saturated carbocycles. The Labute approximate surface area is 151 Å². The molecule has 2 heterocycles. The number of rotatable bonds is 6. The van der Waals surface area contributed by atoms with Gasteiger partial charge >= 0.3 is 13.1 Å². The number of esters is 1. The van der Waals surface area contributed by atoms with Crippen molar-refractivity contribution in [2.45, 2.75) is 45.8 Å². The number of aliphatic hydroxyl groups excluding tert-OH is 1. The first-order valence-corrected chi connectivity index (χ1v) is 8.91. The highest BCUT2D eigenvalue weighted by atomic mass is 32.1. The lowest BCUT2D eigenvalue weighted by atomic mass is 9.78. The Morgan fingerprint density at radius 3 is 2.36 bits per heavy atom. The number of hydrogen-bond acceptors (Lipinski definition) is 7. The van der Waals surface area contributed by atoms with Crippen molar-refractivity contribution in [1.29, 1.82) is 0 Å². The molecule has 0 spiro atoms.